The van der Waals surface area contributed by atoms with E-state index >= 15 is 0 Å². The van der Waals surface area contributed by atoms with Crippen molar-refractivity contribution < 1.29 is 9.53 Å². The highest BCUT2D eigenvalue weighted by Gasteiger charge is 1.96. The Balaban J connectivity index is 2.52. The van der Waals surface area contributed by atoms with Gasteiger partial charge in [0.25, 0.3) is 0 Å². The normalized spacial score (nSPS) is 8.67. The van der Waals surface area contributed by atoms with E-state index in [9.17, 15) is 4.79 Å². The summed E-state index contributed by atoms with van der Waals surface area (Å²) in [5.41, 5.74) is 1.07. The van der Waals surface area contributed by atoms with Gasteiger partial charge in [-0.15, -0.1) is 0 Å². The summed E-state index contributed by atoms with van der Waals surface area (Å²) in [6.07, 6.45) is 0. The summed E-state index contributed by atoms with van der Waals surface area (Å²) in [6.45, 7) is 0.499. The van der Waals surface area contributed by atoms with E-state index < -0.39 is 5.97 Å². The third-order valence-electron chi connectivity index (χ3n) is 1.89. The number of nitrogens with zero attached hydrogens (tertiary/aromatic N) is 1. The highest BCUT2D eigenvalue weighted by Crippen LogP contribution is 2.09. The standard InChI is InChI=1S/C12H13NO2/c1-13(10-6-9-12(14)15-2)11-7-4-3-5-8-11/h3-5,7-8H,10H2,1-2H3. The summed E-state index contributed by atoms with van der Waals surface area (Å²) in [6, 6.07) is 9.84. The first kappa shape index (κ1) is 11.1. The lowest BCUT2D eigenvalue weighted by Gasteiger charge is -2.15. The van der Waals surface area contributed by atoms with Crippen LogP contribution in [0.5, 0.6) is 0 Å². The van der Waals surface area contributed by atoms with Crippen molar-refractivity contribution in [2.24, 2.45) is 0 Å². The van der Waals surface area contributed by atoms with E-state index in [1.165, 1.54) is 7.11 Å². The van der Waals surface area contributed by atoms with Gasteiger partial charge in [-0.2, -0.15) is 0 Å². The molecule has 0 saturated carbocycles. The third kappa shape index (κ3) is 3.74. The van der Waals surface area contributed by atoms with Gasteiger partial charge in [0.1, 0.15) is 0 Å². The maximum Gasteiger partial charge on any atom is 0.384 e. The zero-order valence-corrected chi connectivity index (χ0v) is 8.86. The fourth-order valence-corrected chi connectivity index (χ4v) is 1.06. The zero-order valence-electron chi connectivity index (χ0n) is 8.86. The Morgan fingerprint density at radius 2 is 2.07 bits per heavy atom. The molecule has 3 nitrogen and oxygen atoms in total. The summed E-state index contributed by atoms with van der Waals surface area (Å²) in [5.74, 6) is 4.61. The molecule has 0 radical (unpaired) electrons. The largest absolute Gasteiger partial charge is 0.459 e. The van der Waals surface area contributed by atoms with Gasteiger partial charge in [-0.25, -0.2) is 4.79 Å². The molecule has 0 aromatic heterocycles. The van der Waals surface area contributed by atoms with Crippen LogP contribution in [-0.2, 0) is 9.53 Å². The van der Waals surface area contributed by atoms with E-state index in [2.05, 4.69) is 16.6 Å². The third-order valence-corrected chi connectivity index (χ3v) is 1.89. The summed E-state index contributed by atoms with van der Waals surface area (Å²) in [5, 5.41) is 0. The monoisotopic (exact) mass is 203 g/mol. The van der Waals surface area contributed by atoms with Crippen molar-refractivity contribution in [1.82, 2.24) is 0 Å². The molecule has 78 valence electrons. The molecule has 1 aromatic carbocycles. The number of rotatable bonds is 2. The van der Waals surface area contributed by atoms with E-state index in [-0.39, 0.29) is 0 Å². The number of benzene rings is 1. The van der Waals surface area contributed by atoms with Crippen LogP contribution >= 0.6 is 0 Å². The van der Waals surface area contributed by atoms with Crippen LogP contribution in [-0.4, -0.2) is 26.7 Å². The van der Waals surface area contributed by atoms with Crippen molar-refractivity contribution in [1.29, 1.82) is 0 Å². The van der Waals surface area contributed by atoms with Crippen LogP contribution in [0.4, 0.5) is 5.69 Å². The predicted molar refractivity (Wildman–Crippen MR) is 59.5 cm³/mol. The highest BCUT2D eigenvalue weighted by molar-refractivity contribution is 5.88. The van der Waals surface area contributed by atoms with Crippen LogP contribution < -0.4 is 4.90 Å². The van der Waals surface area contributed by atoms with E-state index in [0.29, 0.717) is 6.54 Å². The first-order chi connectivity index (χ1) is 7.24. The fourth-order valence-electron chi connectivity index (χ4n) is 1.06. The molecule has 0 aliphatic rings. The van der Waals surface area contributed by atoms with Gasteiger partial charge >= 0.3 is 5.97 Å². The van der Waals surface area contributed by atoms with Crippen molar-refractivity contribution in [3.05, 3.63) is 30.3 Å². The van der Waals surface area contributed by atoms with Crippen LogP contribution in [0.25, 0.3) is 0 Å². The van der Waals surface area contributed by atoms with Crippen molar-refractivity contribution >= 4 is 11.7 Å². The molecule has 0 saturated heterocycles. The highest BCUT2D eigenvalue weighted by atomic mass is 16.5. The number of ether oxygens (including phenoxy) is 1. The van der Waals surface area contributed by atoms with Gasteiger partial charge in [-0.3, -0.25) is 0 Å². The van der Waals surface area contributed by atoms with E-state index in [4.69, 9.17) is 0 Å². The number of esters is 1. The molecule has 0 aliphatic carbocycles. The molecule has 0 fully saturated rings. The molecule has 0 spiro atoms. The van der Waals surface area contributed by atoms with Gasteiger partial charge < -0.3 is 9.64 Å². The van der Waals surface area contributed by atoms with Crippen molar-refractivity contribution in [2.75, 3.05) is 25.6 Å². The first-order valence-electron chi connectivity index (χ1n) is 4.57. The van der Waals surface area contributed by atoms with Crippen molar-refractivity contribution in [3.63, 3.8) is 0 Å². The summed E-state index contributed by atoms with van der Waals surface area (Å²) >= 11 is 0. The van der Waals surface area contributed by atoms with Crippen LogP contribution in [0.1, 0.15) is 0 Å². The zero-order chi connectivity index (χ0) is 11.1. The second-order valence-corrected chi connectivity index (χ2v) is 2.98. The maximum atomic E-state index is 10.7. The second-order valence-electron chi connectivity index (χ2n) is 2.98. The molecule has 15 heavy (non-hydrogen) atoms. The number of para-hydroxylation sites is 1. The van der Waals surface area contributed by atoms with Gasteiger partial charge in [-0.1, -0.05) is 24.1 Å². The predicted octanol–water partition coefficient (Wildman–Crippen LogP) is 1.30. The summed E-state index contributed by atoms with van der Waals surface area (Å²) < 4.78 is 4.41. The quantitative estimate of drug-likeness (QED) is 0.412. The Bertz CT molecular complexity index is 376. The molecule has 0 bridgehead atoms. The number of methoxy groups -OCH3 is 1. The Morgan fingerprint density at radius 1 is 1.40 bits per heavy atom. The van der Waals surface area contributed by atoms with E-state index in [1.807, 2.05) is 42.3 Å². The topological polar surface area (TPSA) is 29.5 Å². The second kappa shape index (κ2) is 5.71. The number of anilines is 1. The summed E-state index contributed by atoms with van der Waals surface area (Å²) in [4.78, 5) is 12.7. The molecule has 0 atom stereocenters. The lowest BCUT2D eigenvalue weighted by Crippen LogP contribution is -2.17. The average molecular weight is 203 g/mol. The van der Waals surface area contributed by atoms with E-state index in [0.717, 1.165) is 5.69 Å². The molecule has 0 amide bonds. The number of carbonyl (C=O) groups excluding carboxylic acids is 1. The van der Waals surface area contributed by atoms with Gasteiger partial charge in [0, 0.05) is 18.7 Å². The first-order valence-corrected chi connectivity index (χ1v) is 4.57. The minimum atomic E-state index is -0.503. The number of hydrogen-bond acceptors (Lipinski definition) is 3. The molecule has 0 unspecified atom stereocenters. The summed E-state index contributed by atoms with van der Waals surface area (Å²) in [7, 11) is 3.24. The van der Waals surface area contributed by atoms with Gasteiger partial charge in [0.05, 0.1) is 13.7 Å². The van der Waals surface area contributed by atoms with E-state index in [1.54, 1.807) is 0 Å². The Kier molecular flexibility index (Phi) is 4.24. The molecule has 0 aliphatic heterocycles. The Labute approximate surface area is 89.7 Å². The number of carbonyl (C=O) groups is 1. The van der Waals surface area contributed by atoms with Crippen LogP contribution in [0.15, 0.2) is 30.3 Å². The lowest BCUT2D eigenvalue weighted by atomic mass is 10.3. The average Bonchev–Trinajstić information content (AvgIpc) is 2.29. The smallest absolute Gasteiger partial charge is 0.384 e. The van der Waals surface area contributed by atoms with Gasteiger partial charge in [-0.05, 0) is 12.1 Å². The number of hydrogen-bond donors (Lipinski definition) is 0. The fraction of sp³-hybridized carbons (Fsp3) is 0.250. The van der Waals surface area contributed by atoms with Crippen LogP contribution in [0, 0.1) is 11.8 Å². The van der Waals surface area contributed by atoms with Crippen molar-refractivity contribution in [3.8, 4) is 11.8 Å². The molecule has 1 rings (SSSR count). The van der Waals surface area contributed by atoms with Gasteiger partial charge in [0.2, 0.25) is 0 Å². The maximum absolute atomic E-state index is 10.7. The lowest BCUT2D eigenvalue weighted by molar-refractivity contribution is -0.133. The minimum absolute atomic E-state index is 0.499. The van der Waals surface area contributed by atoms with Crippen molar-refractivity contribution in [2.45, 2.75) is 0 Å². The molecule has 0 heterocycles. The minimum Gasteiger partial charge on any atom is -0.459 e. The molecule has 3 heteroatoms. The van der Waals surface area contributed by atoms with Gasteiger partial charge in [0.15, 0.2) is 0 Å². The molecular formula is C12H13NO2. The molecular weight excluding hydrogens is 190 g/mol. The molecule has 1 aromatic rings. The van der Waals surface area contributed by atoms with Crippen LogP contribution in [0.2, 0.25) is 0 Å². The molecule has 0 N–H and O–H groups in total. The van der Waals surface area contributed by atoms with Crippen LogP contribution in [0.3, 0.4) is 0 Å². The Morgan fingerprint density at radius 3 is 2.67 bits per heavy atom. The SMILES string of the molecule is COC(=O)C#CCN(C)c1ccccc1. The Hall–Kier alpha value is -1.95.